The van der Waals surface area contributed by atoms with Crippen molar-refractivity contribution in [2.24, 2.45) is 0 Å². The first kappa shape index (κ1) is 13.1. The molecule has 2 fully saturated rings. The highest BCUT2D eigenvalue weighted by Crippen LogP contribution is 2.17. The Morgan fingerprint density at radius 2 is 1.82 bits per heavy atom. The topological polar surface area (TPSA) is 33.3 Å². The van der Waals surface area contributed by atoms with Gasteiger partial charge in [0.2, 0.25) is 0 Å². The van der Waals surface area contributed by atoms with Crippen LogP contribution in [0.5, 0.6) is 0 Å². The van der Waals surface area contributed by atoms with E-state index in [0.29, 0.717) is 12.1 Å². The van der Waals surface area contributed by atoms with Crippen molar-refractivity contribution in [1.82, 2.24) is 10.6 Å². The average Bonchev–Trinajstić information content (AvgIpc) is 2.39. The van der Waals surface area contributed by atoms with Gasteiger partial charge in [-0.25, -0.2) is 0 Å². The lowest BCUT2D eigenvalue weighted by Gasteiger charge is -2.26. The Kier molecular flexibility index (Phi) is 5.52. The van der Waals surface area contributed by atoms with Gasteiger partial charge in [0.05, 0.1) is 6.10 Å². The lowest BCUT2D eigenvalue weighted by Crippen LogP contribution is -2.45. The van der Waals surface area contributed by atoms with E-state index in [1.807, 2.05) is 0 Å². The molecule has 0 bridgehead atoms. The highest BCUT2D eigenvalue weighted by Gasteiger charge is 2.16. The summed E-state index contributed by atoms with van der Waals surface area (Å²) in [5.74, 6) is 0. The summed E-state index contributed by atoms with van der Waals surface area (Å²) in [6.07, 6.45) is 10.6. The molecule has 98 valence electrons. The molecule has 0 spiro atoms. The molecule has 2 N–H and O–H groups in total. The molecule has 1 saturated heterocycles. The van der Waals surface area contributed by atoms with E-state index >= 15 is 0 Å². The summed E-state index contributed by atoms with van der Waals surface area (Å²) in [6.45, 7) is 1.77. The van der Waals surface area contributed by atoms with Crippen LogP contribution in [0.3, 0.4) is 0 Å². The van der Waals surface area contributed by atoms with Crippen molar-refractivity contribution in [3.63, 3.8) is 0 Å². The number of rotatable bonds is 3. The van der Waals surface area contributed by atoms with Crippen LogP contribution in [0.1, 0.15) is 51.4 Å². The van der Waals surface area contributed by atoms with Crippen LogP contribution >= 0.6 is 12.2 Å². The van der Waals surface area contributed by atoms with E-state index in [1.54, 1.807) is 0 Å². The van der Waals surface area contributed by atoms with Crippen LogP contribution in [-0.4, -0.2) is 30.4 Å². The molecule has 1 unspecified atom stereocenters. The summed E-state index contributed by atoms with van der Waals surface area (Å²) < 4.78 is 5.67. The molecule has 17 heavy (non-hydrogen) atoms. The number of nitrogens with one attached hydrogen (secondary N) is 2. The van der Waals surface area contributed by atoms with Crippen LogP contribution in [0.15, 0.2) is 0 Å². The monoisotopic (exact) mass is 256 g/mol. The first-order chi connectivity index (χ1) is 8.34. The van der Waals surface area contributed by atoms with Gasteiger partial charge in [-0.05, 0) is 44.3 Å². The van der Waals surface area contributed by atoms with Gasteiger partial charge in [0, 0.05) is 19.2 Å². The molecule has 0 aromatic heterocycles. The van der Waals surface area contributed by atoms with E-state index in [9.17, 15) is 0 Å². The number of hydrogen-bond donors (Lipinski definition) is 2. The Balaban J connectivity index is 1.59. The molecule has 3 nitrogen and oxygen atoms in total. The summed E-state index contributed by atoms with van der Waals surface area (Å²) in [6, 6.07) is 0.594. The summed E-state index contributed by atoms with van der Waals surface area (Å²) in [4.78, 5) is 0. The molecular weight excluding hydrogens is 232 g/mol. The highest BCUT2D eigenvalue weighted by molar-refractivity contribution is 7.80. The molecule has 1 atom stereocenters. The van der Waals surface area contributed by atoms with Crippen LogP contribution in [0.2, 0.25) is 0 Å². The van der Waals surface area contributed by atoms with Gasteiger partial charge in [-0.1, -0.05) is 19.3 Å². The van der Waals surface area contributed by atoms with Gasteiger partial charge < -0.3 is 15.4 Å². The fraction of sp³-hybridized carbons (Fsp3) is 0.923. The van der Waals surface area contributed by atoms with Crippen molar-refractivity contribution in [2.45, 2.75) is 63.5 Å². The van der Waals surface area contributed by atoms with Crippen molar-refractivity contribution in [3.8, 4) is 0 Å². The normalized spacial score (nSPS) is 26.5. The molecule has 0 radical (unpaired) electrons. The maximum atomic E-state index is 5.67. The minimum Gasteiger partial charge on any atom is -0.376 e. The van der Waals surface area contributed by atoms with E-state index < -0.39 is 0 Å². The van der Waals surface area contributed by atoms with Gasteiger partial charge in [-0.3, -0.25) is 0 Å². The Bertz CT molecular complexity index is 236. The fourth-order valence-electron chi connectivity index (χ4n) is 2.66. The van der Waals surface area contributed by atoms with E-state index in [1.165, 1.54) is 51.4 Å². The van der Waals surface area contributed by atoms with Gasteiger partial charge >= 0.3 is 0 Å². The molecule has 0 aromatic carbocycles. The molecule has 0 amide bonds. The van der Waals surface area contributed by atoms with Crippen LogP contribution in [-0.2, 0) is 4.74 Å². The van der Waals surface area contributed by atoms with E-state index in [2.05, 4.69) is 10.6 Å². The van der Waals surface area contributed by atoms with Gasteiger partial charge in [0.15, 0.2) is 5.11 Å². The van der Waals surface area contributed by atoms with Crippen LogP contribution in [0.25, 0.3) is 0 Å². The van der Waals surface area contributed by atoms with Gasteiger partial charge in [-0.2, -0.15) is 0 Å². The standard InChI is InChI=1S/C13H24N2OS/c17-13(15-11-6-2-1-3-7-11)14-10-12-8-4-5-9-16-12/h11-12H,1-10H2,(H2,14,15,17). The molecule has 2 aliphatic rings. The lowest BCUT2D eigenvalue weighted by atomic mass is 9.96. The van der Waals surface area contributed by atoms with Crippen LogP contribution in [0, 0.1) is 0 Å². The third-order valence-corrected chi connectivity index (χ3v) is 3.97. The molecule has 0 aromatic rings. The Morgan fingerprint density at radius 1 is 1.06 bits per heavy atom. The predicted octanol–water partition coefficient (Wildman–Crippen LogP) is 2.35. The fourth-order valence-corrected chi connectivity index (χ4v) is 2.91. The van der Waals surface area contributed by atoms with E-state index in [4.69, 9.17) is 17.0 Å². The number of ether oxygens (including phenoxy) is 1. The minimum atomic E-state index is 0.356. The predicted molar refractivity (Wildman–Crippen MR) is 74.2 cm³/mol. The Hall–Kier alpha value is -0.350. The Labute approximate surface area is 110 Å². The highest BCUT2D eigenvalue weighted by atomic mass is 32.1. The van der Waals surface area contributed by atoms with E-state index in [0.717, 1.165) is 18.3 Å². The van der Waals surface area contributed by atoms with Crippen LogP contribution in [0.4, 0.5) is 0 Å². The SMILES string of the molecule is S=C(NCC1CCCCO1)NC1CCCCC1. The summed E-state index contributed by atoms with van der Waals surface area (Å²) >= 11 is 5.33. The van der Waals surface area contributed by atoms with Crippen molar-refractivity contribution < 1.29 is 4.74 Å². The quantitative estimate of drug-likeness (QED) is 0.760. The van der Waals surface area contributed by atoms with Crippen molar-refractivity contribution in [2.75, 3.05) is 13.2 Å². The molecule has 1 aliphatic heterocycles. The van der Waals surface area contributed by atoms with E-state index in [-0.39, 0.29) is 0 Å². The molecular formula is C13H24N2OS. The summed E-state index contributed by atoms with van der Waals surface area (Å²) in [7, 11) is 0. The maximum Gasteiger partial charge on any atom is 0.166 e. The number of thiocarbonyl (C=S) groups is 1. The first-order valence-electron chi connectivity index (χ1n) is 7.00. The summed E-state index contributed by atoms with van der Waals surface area (Å²) in [5.41, 5.74) is 0. The van der Waals surface area contributed by atoms with Gasteiger partial charge in [0.1, 0.15) is 0 Å². The maximum absolute atomic E-state index is 5.67. The zero-order valence-electron chi connectivity index (χ0n) is 10.5. The molecule has 1 saturated carbocycles. The third-order valence-electron chi connectivity index (χ3n) is 3.70. The molecule has 1 aliphatic carbocycles. The van der Waals surface area contributed by atoms with Crippen molar-refractivity contribution in [3.05, 3.63) is 0 Å². The summed E-state index contributed by atoms with van der Waals surface area (Å²) in [5, 5.41) is 7.53. The molecule has 1 heterocycles. The third kappa shape index (κ3) is 4.80. The Morgan fingerprint density at radius 3 is 2.53 bits per heavy atom. The molecule has 4 heteroatoms. The van der Waals surface area contributed by atoms with Gasteiger partial charge in [-0.15, -0.1) is 0 Å². The van der Waals surface area contributed by atoms with Crippen molar-refractivity contribution >= 4 is 17.3 Å². The van der Waals surface area contributed by atoms with Crippen molar-refractivity contribution in [1.29, 1.82) is 0 Å². The largest absolute Gasteiger partial charge is 0.376 e. The molecule has 2 rings (SSSR count). The van der Waals surface area contributed by atoms with Crippen LogP contribution < -0.4 is 10.6 Å². The lowest BCUT2D eigenvalue weighted by molar-refractivity contribution is 0.0195. The first-order valence-corrected chi connectivity index (χ1v) is 7.41. The van der Waals surface area contributed by atoms with Gasteiger partial charge in [0.25, 0.3) is 0 Å². The number of hydrogen-bond acceptors (Lipinski definition) is 2. The second-order valence-electron chi connectivity index (χ2n) is 5.18. The minimum absolute atomic E-state index is 0.356. The zero-order chi connectivity index (χ0) is 11.9. The average molecular weight is 256 g/mol. The zero-order valence-corrected chi connectivity index (χ0v) is 11.4. The second kappa shape index (κ2) is 7.17. The smallest absolute Gasteiger partial charge is 0.166 e. The second-order valence-corrected chi connectivity index (χ2v) is 5.59.